The van der Waals surface area contributed by atoms with Crippen molar-refractivity contribution in [3.63, 3.8) is 0 Å². The summed E-state index contributed by atoms with van der Waals surface area (Å²) in [5.41, 5.74) is -0.242. The van der Waals surface area contributed by atoms with Crippen molar-refractivity contribution in [3.8, 4) is 0 Å². The van der Waals surface area contributed by atoms with Gasteiger partial charge < -0.3 is 19.8 Å². The third kappa shape index (κ3) is 2.77. The summed E-state index contributed by atoms with van der Waals surface area (Å²) >= 11 is 0. The van der Waals surface area contributed by atoms with Gasteiger partial charge in [0.15, 0.2) is 0 Å². The first-order valence-electron chi connectivity index (χ1n) is 13.3. The molecule has 0 unspecified atom stereocenters. The zero-order valence-electron chi connectivity index (χ0n) is 19.9. The number of nitrogens with zero attached hydrogens (tertiary/aromatic N) is 1. The third-order valence-electron chi connectivity index (χ3n) is 11.7. The minimum absolute atomic E-state index is 0.0336. The quantitative estimate of drug-likeness (QED) is 0.637. The first-order chi connectivity index (χ1) is 15.3. The van der Waals surface area contributed by atoms with Crippen LogP contribution in [0.4, 0.5) is 0 Å². The summed E-state index contributed by atoms with van der Waals surface area (Å²) in [6.07, 6.45) is 12.3. The molecule has 32 heavy (non-hydrogen) atoms. The minimum Gasteiger partial charge on any atom is -0.458 e. The fourth-order valence-electron chi connectivity index (χ4n) is 9.81. The molecule has 178 valence electrons. The van der Waals surface area contributed by atoms with Crippen LogP contribution >= 0.6 is 0 Å². The number of esters is 1. The average molecular weight is 444 g/mol. The van der Waals surface area contributed by atoms with Gasteiger partial charge in [-0.1, -0.05) is 13.8 Å². The minimum atomic E-state index is -0.855. The molecule has 5 fully saturated rings. The van der Waals surface area contributed by atoms with Crippen LogP contribution in [0.2, 0.25) is 0 Å². The van der Waals surface area contributed by atoms with Crippen molar-refractivity contribution in [2.24, 2.45) is 34.5 Å². The highest BCUT2D eigenvalue weighted by molar-refractivity contribution is 5.85. The van der Waals surface area contributed by atoms with E-state index in [1.165, 1.54) is 51.6 Å². The Hall–Kier alpha value is -0.910. The molecular formula is C27H41NO4. The molecule has 2 aliphatic heterocycles. The first-order valence-corrected chi connectivity index (χ1v) is 13.3. The Kier molecular flexibility index (Phi) is 4.93. The average Bonchev–Trinajstić information content (AvgIpc) is 3.49. The summed E-state index contributed by atoms with van der Waals surface area (Å²) in [6, 6.07) is 0.747. The van der Waals surface area contributed by atoms with Crippen molar-refractivity contribution in [2.45, 2.75) is 95.8 Å². The fourth-order valence-corrected chi connectivity index (χ4v) is 9.81. The van der Waals surface area contributed by atoms with Gasteiger partial charge in [-0.05, 0) is 112 Å². The largest absolute Gasteiger partial charge is 0.458 e. The molecule has 5 heteroatoms. The summed E-state index contributed by atoms with van der Waals surface area (Å²) < 4.78 is 5.22. The number of carbonyl (C=O) groups is 1. The molecule has 0 radical (unpaired) electrons. The van der Waals surface area contributed by atoms with Gasteiger partial charge in [0.2, 0.25) is 0 Å². The number of aliphatic hydroxyl groups is 2. The van der Waals surface area contributed by atoms with Crippen LogP contribution in [-0.2, 0) is 9.53 Å². The second-order valence-electron chi connectivity index (χ2n) is 12.5. The Morgan fingerprint density at radius 1 is 1.03 bits per heavy atom. The van der Waals surface area contributed by atoms with E-state index in [-0.39, 0.29) is 23.2 Å². The van der Waals surface area contributed by atoms with Crippen LogP contribution in [0.15, 0.2) is 11.6 Å². The van der Waals surface area contributed by atoms with Gasteiger partial charge in [-0.2, -0.15) is 0 Å². The molecule has 6 rings (SSSR count). The van der Waals surface area contributed by atoms with Crippen LogP contribution in [-0.4, -0.2) is 58.5 Å². The second kappa shape index (κ2) is 7.29. The molecule has 4 aliphatic carbocycles. The highest BCUT2D eigenvalue weighted by atomic mass is 16.5. The van der Waals surface area contributed by atoms with Crippen molar-refractivity contribution >= 4 is 5.97 Å². The van der Waals surface area contributed by atoms with Crippen molar-refractivity contribution < 1.29 is 19.7 Å². The van der Waals surface area contributed by atoms with Crippen LogP contribution < -0.4 is 0 Å². The van der Waals surface area contributed by atoms with Gasteiger partial charge in [-0.3, -0.25) is 0 Å². The molecule has 0 aromatic carbocycles. The lowest BCUT2D eigenvalue weighted by atomic mass is 9.42. The van der Waals surface area contributed by atoms with Crippen molar-refractivity contribution in [3.05, 3.63) is 11.6 Å². The van der Waals surface area contributed by atoms with E-state index in [1.54, 1.807) is 6.08 Å². The maximum atomic E-state index is 12.3. The molecule has 0 aromatic rings. The van der Waals surface area contributed by atoms with E-state index in [0.29, 0.717) is 18.4 Å². The molecule has 0 aromatic heterocycles. The molecule has 0 amide bonds. The predicted molar refractivity (Wildman–Crippen MR) is 122 cm³/mol. The molecule has 6 aliphatic rings. The van der Waals surface area contributed by atoms with Crippen LogP contribution in [0.5, 0.6) is 0 Å². The maximum Gasteiger partial charge on any atom is 0.331 e. The number of rotatable bonds is 2. The van der Waals surface area contributed by atoms with Gasteiger partial charge in [0.1, 0.15) is 6.61 Å². The predicted octanol–water partition coefficient (Wildman–Crippen LogP) is 3.68. The third-order valence-corrected chi connectivity index (χ3v) is 11.7. The second-order valence-corrected chi connectivity index (χ2v) is 12.5. The van der Waals surface area contributed by atoms with Crippen LogP contribution in [0, 0.1) is 34.5 Å². The fraction of sp³-hybridized carbons (Fsp3) is 0.889. The van der Waals surface area contributed by atoms with Gasteiger partial charge in [-0.25, -0.2) is 4.79 Å². The van der Waals surface area contributed by atoms with Crippen molar-refractivity contribution in [1.29, 1.82) is 0 Å². The lowest BCUT2D eigenvalue weighted by Crippen LogP contribution is -2.67. The molecule has 9 atom stereocenters. The SMILES string of the molecule is C[C@]12CC[C@H](N3CCCC3)C[C@H]1CC[C@@H]1[C@@H]2C[C@@H](O)[C@]2(C)[C@@H](C3=CC(=O)OC3)CC[C@]12O. The lowest BCUT2D eigenvalue weighted by molar-refractivity contribution is -0.244. The normalized spacial score (nSPS) is 53.4. The number of hydrogen-bond donors (Lipinski definition) is 2. The molecule has 2 heterocycles. The standard InChI is InChI=1S/C27H41NO4/c1-25-9-7-19(28-11-3-4-12-28)14-18(25)5-6-21-22(25)15-23(29)26(2)20(8-10-27(21,26)31)17-13-24(30)32-16-17/h13,18-23,29,31H,3-12,14-16H2,1-2H3/t18-,19+,20-,21-,22+,23-,25+,26+,27+/m1/s1. The Morgan fingerprint density at radius 3 is 2.53 bits per heavy atom. The zero-order chi connectivity index (χ0) is 22.3. The summed E-state index contributed by atoms with van der Waals surface area (Å²) in [5, 5.41) is 24.0. The van der Waals surface area contributed by atoms with Crippen molar-refractivity contribution in [1.82, 2.24) is 4.90 Å². The highest BCUT2D eigenvalue weighted by Gasteiger charge is 2.70. The Balaban J connectivity index is 1.28. The van der Waals surface area contributed by atoms with Gasteiger partial charge in [0.25, 0.3) is 0 Å². The Morgan fingerprint density at radius 2 is 1.81 bits per heavy atom. The van der Waals surface area contributed by atoms with Gasteiger partial charge in [0, 0.05) is 17.5 Å². The molecule has 0 spiro atoms. The summed E-state index contributed by atoms with van der Waals surface area (Å²) in [4.78, 5) is 14.5. The monoisotopic (exact) mass is 443 g/mol. The topological polar surface area (TPSA) is 70.0 Å². The smallest absolute Gasteiger partial charge is 0.331 e. The number of aliphatic hydroxyl groups excluding tert-OH is 1. The van der Waals surface area contributed by atoms with Crippen LogP contribution in [0.3, 0.4) is 0 Å². The van der Waals surface area contributed by atoms with E-state index < -0.39 is 17.1 Å². The molecule has 1 saturated heterocycles. The summed E-state index contributed by atoms with van der Waals surface area (Å²) in [5.74, 6) is 1.12. The number of cyclic esters (lactones) is 1. The molecule has 4 saturated carbocycles. The summed E-state index contributed by atoms with van der Waals surface area (Å²) in [6.45, 7) is 7.48. The van der Waals surface area contributed by atoms with E-state index in [1.807, 2.05) is 0 Å². The number of hydrogen-bond acceptors (Lipinski definition) is 5. The highest BCUT2D eigenvalue weighted by Crippen LogP contribution is 2.70. The van der Waals surface area contributed by atoms with E-state index in [9.17, 15) is 15.0 Å². The van der Waals surface area contributed by atoms with Gasteiger partial charge in [-0.15, -0.1) is 0 Å². The van der Waals surface area contributed by atoms with Crippen LogP contribution in [0.1, 0.15) is 78.1 Å². The first kappa shape index (κ1) is 21.6. The zero-order valence-corrected chi connectivity index (χ0v) is 19.9. The number of likely N-dealkylation sites (tertiary alicyclic amines) is 1. The maximum absolute atomic E-state index is 12.3. The number of carbonyl (C=O) groups excluding carboxylic acids is 1. The molecule has 5 nitrogen and oxygen atoms in total. The lowest BCUT2D eigenvalue weighted by Gasteiger charge is -2.65. The van der Waals surface area contributed by atoms with Crippen molar-refractivity contribution in [2.75, 3.05) is 19.7 Å². The van der Waals surface area contributed by atoms with E-state index >= 15 is 0 Å². The molecular weight excluding hydrogens is 402 g/mol. The molecule has 0 bridgehead atoms. The molecule has 2 N–H and O–H groups in total. The number of fused-ring (bicyclic) bond motifs is 5. The van der Waals surface area contributed by atoms with Gasteiger partial charge in [0.05, 0.1) is 11.7 Å². The summed E-state index contributed by atoms with van der Waals surface area (Å²) in [7, 11) is 0. The van der Waals surface area contributed by atoms with E-state index in [0.717, 1.165) is 37.3 Å². The van der Waals surface area contributed by atoms with Gasteiger partial charge >= 0.3 is 5.97 Å². The Bertz CT molecular complexity index is 820. The van der Waals surface area contributed by atoms with E-state index in [2.05, 4.69) is 18.7 Å². The Labute approximate surface area is 192 Å². The number of ether oxygens (including phenoxy) is 1. The van der Waals surface area contributed by atoms with E-state index in [4.69, 9.17) is 4.74 Å². The van der Waals surface area contributed by atoms with Crippen LogP contribution in [0.25, 0.3) is 0 Å².